The van der Waals surface area contributed by atoms with Crippen molar-refractivity contribution < 1.29 is 9.18 Å². The Morgan fingerprint density at radius 1 is 1.28 bits per heavy atom. The maximum Gasteiger partial charge on any atom is 0.262 e. The summed E-state index contributed by atoms with van der Waals surface area (Å²) in [4.78, 5) is 16.5. The van der Waals surface area contributed by atoms with E-state index in [0.29, 0.717) is 16.5 Å². The van der Waals surface area contributed by atoms with Crippen molar-refractivity contribution in [3.8, 4) is 5.69 Å². The molecule has 6 nitrogen and oxygen atoms in total. The number of nitrogens with two attached hydrogens (primary N) is 1. The zero-order valence-electron chi connectivity index (χ0n) is 12.9. The van der Waals surface area contributed by atoms with Crippen molar-refractivity contribution in [1.82, 2.24) is 14.8 Å². The predicted octanol–water partition coefficient (Wildman–Crippen LogP) is 3.86. The monoisotopic (exact) mass is 379 g/mol. The van der Waals surface area contributed by atoms with Gasteiger partial charge in [0.1, 0.15) is 28.7 Å². The molecule has 1 aromatic carbocycles. The number of nitrogens with zero attached hydrogens (tertiary/aromatic N) is 3. The lowest BCUT2D eigenvalue weighted by atomic mass is 10.2. The number of hydrogen-bond donors (Lipinski definition) is 2. The molecule has 0 aliphatic carbocycles. The fourth-order valence-corrected chi connectivity index (χ4v) is 2.67. The molecule has 0 spiro atoms. The van der Waals surface area contributed by atoms with E-state index in [1.807, 2.05) is 0 Å². The van der Waals surface area contributed by atoms with Crippen LogP contribution in [0.25, 0.3) is 5.69 Å². The van der Waals surface area contributed by atoms with Gasteiger partial charge in [0, 0.05) is 6.20 Å². The van der Waals surface area contributed by atoms with Crippen LogP contribution in [0, 0.1) is 12.7 Å². The maximum absolute atomic E-state index is 14.1. The molecule has 25 heavy (non-hydrogen) atoms. The van der Waals surface area contributed by atoms with E-state index in [0.717, 1.165) is 4.68 Å². The molecule has 0 saturated heterocycles. The van der Waals surface area contributed by atoms with Crippen molar-refractivity contribution in [2.24, 2.45) is 0 Å². The summed E-state index contributed by atoms with van der Waals surface area (Å²) in [6.07, 6.45) is 1.40. The Morgan fingerprint density at radius 3 is 2.68 bits per heavy atom. The highest BCUT2D eigenvalue weighted by molar-refractivity contribution is 6.32. The zero-order chi connectivity index (χ0) is 18.1. The van der Waals surface area contributed by atoms with Crippen LogP contribution < -0.4 is 11.1 Å². The maximum atomic E-state index is 14.1. The van der Waals surface area contributed by atoms with Gasteiger partial charge in [-0.15, -0.1) is 0 Å². The number of anilines is 2. The Kier molecular flexibility index (Phi) is 4.61. The molecule has 0 aliphatic heterocycles. The molecule has 0 radical (unpaired) electrons. The fraction of sp³-hybridized carbons (Fsp3) is 0.0625. The minimum absolute atomic E-state index is 0.0200. The lowest BCUT2D eigenvalue weighted by Gasteiger charge is -2.08. The van der Waals surface area contributed by atoms with Crippen LogP contribution >= 0.6 is 23.2 Å². The number of aromatic nitrogens is 3. The number of amides is 1. The van der Waals surface area contributed by atoms with Crippen LogP contribution in [0.3, 0.4) is 0 Å². The van der Waals surface area contributed by atoms with Crippen LogP contribution in [0.2, 0.25) is 10.0 Å². The molecule has 0 fully saturated rings. The number of nitrogens with one attached hydrogen (secondary N) is 1. The van der Waals surface area contributed by atoms with Crippen LogP contribution in [0.5, 0.6) is 0 Å². The smallest absolute Gasteiger partial charge is 0.262 e. The SMILES string of the molecule is Cc1nn(-c2c(F)cccc2Cl)c(N)c1C(=O)Nc1ccc(Cl)cn1. The molecular weight excluding hydrogens is 368 g/mol. The number of aryl methyl sites for hydroxylation is 1. The number of carbonyl (C=O) groups is 1. The molecule has 0 aliphatic rings. The van der Waals surface area contributed by atoms with Crippen LogP contribution in [-0.2, 0) is 0 Å². The third-order valence-corrected chi connectivity index (χ3v) is 3.97. The highest BCUT2D eigenvalue weighted by atomic mass is 35.5. The van der Waals surface area contributed by atoms with Crippen LogP contribution in [0.1, 0.15) is 16.1 Å². The normalized spacial score (nSPS) is 10.7. The molecule has 0 atom stereocenters. The quantitative estimate of drug-likeness (QED) is 0.723. The number of para-hydroxylation sites is 1. The van der Waals surface area contributed by atoms with E-state index in [1.165, 1.54) is 24.4 Å². The summed E-state index contributed by atoms with van der Waals surface area (Å²) < 4.78 is 15.2. The molecular formula is C16H12Cl2FN5O. The fourth-order valence-electron chi connectivity index (χ4n) is 2.32. The standard InChI is InChI=1S/C16H12Cl2FN5O/c1-8-13(16(25)22-12-6-5-9(17)7-21-12)15(20)24(23-8)14-10(18)3-2-4-11(14)19/h2-7H,20H2,1H3,(H,21,22,25). The minimum atomic E-state index is -0.604. The number of pyridine rings is 1. The summed E-state index contributed by atoms with van der Waals surface area (Å²) in [7, 11) is 0. The second-order valence-corrected chi connectivity index (χ2v) is 5.99. The third kappa shape index (κ3) is 3.29. The van der Waals surface area contributed by atoms with Gasteiger partial charge >= 0.3 is 0 Å². The average Bonchev–Trinajstić information content (AvgIpc) is 2.84. The summed E-state index contributed by atoms with van der Waals surface area (Å²) in [6.45, 7) is 1.59. The summed E-state index contributed by atoms with van der Waals surface area (Å²) in [5, 5.41) is 7.30. The molecule has 9 heteroatoms. The largest absolute Gasteiger partial charge is 0.383 e. The van der Waals surface area contributed by atoms with E-state index >= 15 is 0 Å². The van der Waals surface area contributed by atoms with Gasteiger partial charge in [-0.05, 0) is 31.2 Å². The van der Waals surface area contributed by atoms with E-state index in [1.54, 1.807) is 19.1 Å². The first-order valence-electron chi connectivity index (χ1n) is 7.11. The van der Waals surface area contributed by atoms with E-state index in [-0.39, 0.29) is 22.1 Å². The van der Waals surface area contributed by atoms with Crippen molar-refractivity contribution in [3.63, 3.8) is 0 Å². The van der Waals surface area contributed by atoms with E-state index in [4.69, 9.17) is 28.9 Å². The van der Waals surface area contributed by atoms with E-state index < -0.39 is 11.7 Å². The van der Waals surface area contributed by atoms with Crippen molar-refractivity contribution in [3.05, 3.63) is 63.6 Å². The first-order valence-corrected chi connectivity index (χ1v) is 7.86. The van der Waals surface area contributed by atoms with Gasteiger partial charge in [0.25, 0.3) is 5.91 Å². The lowest BCUT2D eigenvalue weighted by Crippen LogP contribution is -2.16. The molecule has 2 heterocycles. The first kappa shape index (κ1) is 17.2. The van der Waals surface area contributed by atoms with Crippen LogP contribution in [0.15, 0.2) is 36.5 Å². The minimum Gasteiger partial charge on any atom is -0.383 e. The topological polar surface area (TPSA) is 85.8 Å². The van der Waals surface area contributed by atoms with E-state index in [9.17, 15) is 9.18 Å². The average molecular weight is 380 g/mol. The molecule has 1 amide bonds. The van der Waals surface area contributed by atoms with Crippen molar-refractivity contribution >= 4 is 40.7 Å². The second-order valence-electron chi connectivity index (χ2n) is 5.14. The molecule has 0 bridgehead atoms. The van der Waals surface area contributed by atoms with Gasteiger partial charge in [-0.2, -0.15) is 5.10 Å². The summed E-state index contributed by atoms with van der Waals surface area (Å²) in [5.74, 6) is -0.864. The van der Waals surface area contributed by atoms with Crippen molar-refractivity contribution in [1.29, 1.82) is 0 Å². The zero-order valence-corrected chi connectivity index (χ0v) is 14.4. The number of nitrogen functional groups attached to an aromatic ring is 1. The van der Waals surface area contributed by atoms with E-state index in [2.05, 4.69) is 15.4 Å². The van der Waals surface area contributed by atoms with Gasteiger partial charge in [0.2, 0.25) is 0 Å². The van der Waals surface area contributed by atoms with Gasteiger partial charge in [-0.25, -0.2) is 14.1 Å². The molecule has 3 aromatic rings. The van der Waals surface area contributed by atoms with Gasteiger partial charge in [-0.3, -0.25) is 4.79 Å². The molecule has 0 unspecified atom stereocenters. The Bertz CT molecular complexity index is 936. The summed E-state index contributed by atoms with van der Waals surface area (Å²) >= 11 is 11.8. The summed E-state index contributed by atoms with van der Waals surface area (Å²) in [6, 6.07) is 7.34. The Morgan fingerprint density at radius 2 is 2.04 bits per heavy atom. The molecule has 3 N–H and O–H groups in total. The Hall–Kier alpha value is -2.64. The van der Waals surface area contributed by atoms with Gasteiger partial charge in [0.15, 0.2) is 0 Å². The van der Waals surface area contributed by atoms with Gasteiger partial charge < -0.3 is 11.1 Å². The van der Waals surface area contributed by atoms with Crippen molar-refractivity contribution in [2.45, 2.75) is 6.92 Å². The highest BCUT2D eigenvalue weighted by Gasteiger charge is 2.23. The first-order chi connectivity index (χ1) is 11.9. The Labute approximate surface area is 152 Å². The highest BCUT2D eigenvalue weighted by Crippen LogP contribution is 2.28. The number of carbonyl (C=O) groups excluding carboxylic acids is 1. The molecule has 0 saturated carbocycles. The molecule has 3 rings (SSSR count). The van der Waals surface area contributed by atoms with Gasteiger partial charge in [-0.1, -0.05) is 29.3 Å². The number of halogens is 3. The Balaban J connectivity index is 2.00. The van der Waals surface area contributed by atoms with Crippen LogP contribution in [0.4, 0.5) is 16.0 Å². The number of rotatable bonds is 3. The summed E-state index contributed by atoms with van der Waals surface area (Å²) in [5.41, 5.74) is 6.44. The van der Waals surface area contributed by atoms with Crippen molar-refractivity contribution in [2.75, 3.05) is 11.1 Å². The third-order valence-electron chi connectivity index (χ3n) is 3.44. The number of benzene rings is 1. The molecule has 128 valence electrons. The second kappa shape index (κ2) is 6.70. The predicted molar refractivity (Wildman–Crippen MR) is 94.9 cm³/mol. The lowest BCUT2D eigenvalue weighted by molar-refractivity contribution is 0.102. The van der Waals surface area contributed by atoms with Crippen LogP contribution in [-0.4, -0.2) is 20.7 Å². The molecule has 2 aromatic heterocycles. The number of hydrogen-bond acceptors (Lipinski definition) is 4. The van der Waals surface area contributed by atoms with Gasteiger partial charge in [0.05, 0.1) is 15.7 Å².